The van der Waals surface area contributed by atoms with Crippen molar-refractivity contribution >= 4 is 17.6 Å². The Morgan fingerprint density at radius 1 is 1.14 bits per heavy atom. The van der Waals surface area contributed by atoms with Gasteiger partial charge in [0.15, 0.2) is 0 Å². The van der Waals surface area contributed by atoms with Crippen molar-refractivity contribution in [2.45, 2.75) is 6.42 Å². The predicted molar refractivity (Wildman–Crippen MR) is 81.8 cm³/mol. The second kappa shape index (κ2) is 5.52. The fraction of sp³-hybridized carbons (Fsp3) is 0.176. The fourth-order valence-electron chi connectivity index (χ4n) is 2.66. The topological polar surface area (TPSA) is 66.8 Å². The Hall–Kier alpha value is -2.82. The Balaban J connectivity index is 1.92. The Kier molecular flexibility index (Phi) is 3.55. The summed E-state index contributed by atoms with van der Waals surface area (Å²) in [7, 11) is 1.61. The van der Waals surface area contributed by atoms with Gasteiger partial charge in [0, 0.05) is 17.8 Å². The van der Waals surface area contributed by atoms with Crippen molar-refractivity contribution in [3.8, 4) is 5.75 Å². The highest BCUT2D eigenvalue weighted by atomic mass is 16.5. The van der Waals surface area contributed by atoms with Crippen LogP contribution in [0.4, 0.5) is 5.69 Å². The van der Waals surface area contributed by atoms with Gasteiger partial charge in [-0.25, -0.2) is 4.79 Å². The van der Waals surface area contributed by atoms with Crippen molar-refractivity contribution in [3.05, 3.63) is 59.2 Å². The van der Waals surface area contributed by atoms with Gasteiger partial charge in [-0.1, -0.05) is 6.07 Å². The van der Waals surface area contributed by atoms with Gasteiger partial charge in [0.1, 0.15) is 5.75 Å². The molecule has 0 aromatic heterocycles. The number of nitrogens with zero attached hydrogens (tertiary/aromatic N) is 1. The van der Waals surface area contributed by atoms with Crippen LogP contribution < -0.4 is 9.64 Å². The summed E-state index contributed by atoms with van der Waals surface area (Å²) in [4.78, 5) is 25.3. The molecule has 5 heteroatoms. The molecule has 0 bridgehead atoms. The van der Waals surface area contributed by atoms with Gasteiger partial charge in [0.25, 0.3) is 5.91 Å². The zero-order valence-corrected chi connectivity index (χ0v) is 12.1. The van der Waals surface area contributed by atoms with Crippen LogP contribution in [0, 0.1) is 0 Å². The third kappa shape index (κ3) is 2.41. The van der Waals surface area contributed by atoms with Crippen LogP contribution in [0.1, 0.15) is 26.3 Å². The van der Waals surface area contributed by atoms with E-state index >= 15 is 0 Å². The number of aromatic carboxylic acids is 1. The summed E-state index contributed by atoms with van der Waals surface area (Å²) >= 11 is 0. The maximum atomic E-state index is 12.6. The van der Waals surface area contributed by atoms with Crippen molar-refractivity contribution in [1.29, 1.82) is 0 Å². The third-order valence-corrected chi connectivity index (χ3v) is 3.78. The average molecular weight is 297 g/mol. The molecule has 5 nitrogen and oxygen atoms in total. The summed E-state index contributed by atoms with van der Waals surface area (Å²) in [6.07, 6.45) is 0.761. The first kappa shape index (κ1) is 14.1. The van der Waals surface area contributed by atoms with Crippen LogP contribution in [0.15, 0.2) is 42.5 Å². The van der Waals surface area contributed by atoms with Crippen LogP contribution >= 0.6 is 0 Å². The molecule has 0 saturated carbocycles. The quantitative estimate of drug-likeness (QED) is 0.945. The molecule has 0 spiro atoms. The number of carbonyl (C=O) groups excluding carboxylic acids is 1. The summed E-state index contributed by atoms with van der Waals surface area (Å²) in [6.45, 7) is 0.582. The summed E-state index contributed by atoms with van der Waals surface area (Å²) in [5.74, 6) is -0.464. The summed E-state index contributed by atoms with van der Waals surface area (Å²) in [5.41, 5.74) is 2.40. The number of methoxy groups -OCH3 is 1. The standard InChI is InChI=1S/C17H15NO4/c1-22-14-5-6-15-11(10-14)7-8-18(15)16(19)12-3-2-4-13(9-12)17(20)21/h2-6,9-10H,7-8H2,1H3,(H,20,21). The smallest absolute Gasteiger partial charge is 0.335 e. The van der Waals surface area contributed by atoms with Gasteiger partial charge in [0.2, 0.25) is 0 Å². The van der Waals surface area contributed by atoms with Crippen LogP contribution in [-0.4, -0.2) is 30.6 Å². The van der Waals surface area contributed by atoms with Gasteiger partial charge < -0.3 is 14.7 Å². The number of hydrogen-bond donors (Lipinski definition) is 1. The molecule has 0 atom stereocenters. The highest BCUT2D eigenvalue weighted by molar-refractivity contribution is 6.08. The molecule has 2 aromatic carbocycles. The maximum absolute atomic E-state index is 12.6. The van der Waals surface area contributed by atoms with Crippen molar-refractivity contribution in [2.75, 3.05) is 18.6 Å². The van der Waals surface area contributed by atoms with E-state index in [1.165, 1.54) is 12.1 Å². The molecule has 0 radical (unpaired) electrons. The van der Waals surface area contributed by atoms with E-state index in [2.05, 4.69) is 0 Å². The molecule has 1 heterocycles. The molecule has 0 aliphatic carbocycles. The second-order valence-corrected chi connectivity index (χ2v) is 5.09. The Morgan fingerprint density at radius 3 is 2.64 bits per heavy atom. The van der Waals surface area contributed by atoms with Crippen molar-refractivity contribution in [3.63, 3.8) is 0 Å². The lowest BCUT2D eigenvalue weighted by atomic mass is 10.1. The molecule has 0 unspecified atom stereocenters. The molecule has 0 fully saturated rings. The van der Waals surface area contributed by atoms with E-state index < -0.39 is 5.97 Å². The number of ether oxygens (including phenoxy) is 1. The predicted octanol–water partition coefficient (Wildman–Crippen LogP) is 2.60. The van der Waals surface area contributed by atoms with Gasteiger partial charge in [-0.3, -0.25) is 4.79 Å². The monoisotopic (exact) mass is 297 g/mol. The lowest BCUT2D eigenvalue weighted by Crippen LogP contribution is -2.29. The normalized spacial score (nSPS) is 12.9. The van der Waals surface area contributed by atoms with E-state index in [1.54, 1.807) is 24.1 Å². The Bertz CT molecular complexity index is 754. The Morgan fingerprint density at radius 2 is 1.91 bits per heavy atom. The minimum atomic E-state index is -1.04. The minimum absolute atomic E-state index is 0.111. The zero-order valence-electron chi connectivity index (χ0n) is 12.1. The number of anilines is 1. The average Bonchev–Trinajstić information content (AvgIpc) is 2.97. The number of carboxylic acid groups (broad SMARTS) is 1. The maximum Gasteiger partial charge on any atom is 0.335 e. The van der Waals surface area contributed by atoms with Gasteiger partial charge in [-0.15, -0.1) is 0 Å². The lowest BCUT2D eigenvalue weighted by molar-refractivity contribution is 0.0697. The molecular weight excluding hydrogens is 282 g/mol. The number of carboxylic acids is 1. The van der Waals surface area contributed by atoms with E-state index in [1.807, 2.05) is 18.2 Å². The lowest BCUT2D eigenvalue weighted by Gasteiger charge is -2.17. The molecule has 22 heavy (non-hydrogen) atoms. The highest BCUT2D eigenvalue weighted by Gasteiger charge is 2.26. The summed E-state index contributed by atoms with van der Waals surface area (Å²) < 4.78 is 5.19. The van der Waals surface area contributed by atoms with Gasteiger partial charge in [0.05, 0.1) is 12.7 Å². The fourth-order valence-corrected chi connectivity index (χ4v) is 2.66. The van der Waals surface area contributed by atoms with E-state index in [4.69, 9.17) is 9.84 Å². The first-order valence-corrected chi connectivity index (χ1v) is 6.92. The van der Waals surface area contributed by atoms with E-state index in [-0.39, 0.29) is 11.5 Å². The minimum Gasteiger partial charge on any atom is -0.497 e. The number of carbonyl (C=O) groups is 2. The number of amides is 1. The molecule has 1 N–H and O–H groups in total. The first-order valence-electron chi connectivity index (χ1n) is 6.92. The molecule has 0 saturated heterocycles. The van der Waals surface area contributed by atoms with E-state index in [0.29, 0.717) is 12.1 Å². The van der Waals surface area contributed by atoms with Crippen LogP contribution in [0.2, 0.25) is 0 Å². The first-order chi connectivity index (χ1) is 10.6. The Labute approximate surface area is 127 Å². The molecule has 2 aromatic rings. The third-order valence-electron chi connectivity index (χ3n) is 3.78. The van der Waals surface area contributed by atoms with E-state index in [9.17, 15) is 9.59 Å². The number of hydrogen-bond acceptors (Lipinski definition) is 3. The summed E-state index contributed by atoms with van der Waals surface area (Å²) in [6, 6.07) is 11.7. The SMILES string of the molecule is COc1ccc2c(c1)CCN2C(=O)c1cccc(C(=O)O)c1. The number of benzene rings is 2. The van der Waals surface area contributed by atoms with Crippen LogP contribution in [0.25, 0.3) is 0 Å². The number of rotatable bonds is 3. The van der Waals surface area contributed by atoms with Crippen molar-refractivity contribution in [1.82, 2.24) is 0 Å². The van der Waals surface area contributed by atoms with Crippen LogP contribution in [0.3, 0.4) is 0 Å². The van der Waals surface area contributed by atoms with Gasteiger partial charge in [-0.05, 0) is 48.4 Å². The van der Waals surface area contributed by atoms with Gasteiger partial charge in [-0.2, -0.15) is 0 Å². The van der Waals surface area contributed by atoms with Crippen molar-refractivity contribution < 1.29 is 19.4 Å². The van der Waals surface area contributed by atoms with Crippen LogP contribution in [-0.2, 0) is 6.42 Å². The molecule has 3 rings (SSSR count). The van der Waals surface area contributed by atoms with E-state index in [0.717, 1.165) is 23.4 Å². The molecule has 1 aliphatic rings. The summed E-state index contributed by atoms with van der Waals surface area (Å²) in [5, 5.41) is 9.03. The number of fused-ring (bicyclic) bond motifs is 1. The van der Waals surface area contributed by atoms with Crippen LogP contribution in [0.5, 0.6) is 5.75 Å². The second-order valence-electron chi connectivity index (χ2n) is 5.09. The molecule has 112 valence electrons. The highest BCUT2D eigenvalue weighted by Crippen LogP contribution is 2.32. The zero-order chi connectivity index (χ0) is 15.7. The van der Waals surface area contributed by atoms with Crippen molar-refractivity contribution in [2.24, 2.45) is 0 Å². The molecule has 1 aliphatic heterocycles. The largest absolute Gasteiger partial charge is 0.497 e. The van der Waals surface area contributed by atoms with Gasteiger partial charge >= 0.3 is 5.97 Å². The molecule has 1 amide bonds. The molecular formula is C17H15NO4.